The summed E-state index contributed by atoms with van der Waals surface area (Å²) in [4.78, 5) is 27.3. The number of anilines is 1. The van der Waals surface area contributed by atoms with Gasteiger partial charge in [0.05, 0.1) is 11.7 Å². The van der Waals surface area contributed by atoms with Crippen LogP contribution in [0.2, 0.25) is 0 Å². The average molecular weight is 441 g/mol. The highest BCUT2D eigenvalue weighted by molar-refractivity contribution is 7.17. The molecule has 166 valence electrons. The van der Waals surface area contributed by atoms with E-state index >= 15 is 0 Å². The highest BCUT2D eigenvalue weighted by atomic mass is 32.1. The molecule has 0 radical (unpaired) electrons. The van der Waals surface area contributed by atoms with E-state index in [1.54, 1.807) is 11.3 Å². The Kier molecular flexibility index (Phi) is 6.49. The van der Waals surface area contributed by atoms with Gasteiger partial charge in [0.25, 0.3) is 11.8 Å². The van der Waals surface area contributed by atoms with Gasteiger partial charge in [-0.1, -0.05) is 32.9 Å². The highest BCUT2D eigenvalue weighted by Crippen LogP contribution is 2.38. The molecule has 0 saturated carbocycles. The van der Waals surface area contributed by atoms with Gasteiger partial charge in [0.1, 0.15) is 5.00 Å². The second kappa shape index (κ2) is 9.13. The third kappa shape index (κ3) is 5.01. The van der Waals surface area contributed by atoms with Crippen molar-refractivity contribution in [1.29, 1.82) is 0 Å². The average Bonchev–Trinajstić information content (AvgIpc) is 3.39. The quantitative estimate of drug-likeness (QED) is 0.681. The van der Waals surface area contributed by atoms with Crippen LogP contribution >= 0.6 is 11.3 Å². The van der Waals surface area contributed by atoms with Crippen LogP contribution in [-0.2, 0) is 23.0 Å². The molecule has 0 bridgehead atoms. The number of nitrogens with one attached hydrogen (secondary N) is 2. The lowest BCUT2D eigenvalue weighted by Gasteiger charge is -2.19. The molecule has 2 aromatic rings. The predicted octanol–water partition coefficient (Wildman–Crippen LogP) is 5.09. The fourth-order valence-electron chi connectivity index (χ4n) is 4.29. The van der Waals surface area contributed by atoms with Gasteiger partial charge in [-0.05, 0) is 67.2 Å². The summed E-state index contributed by atoms with van der Waals surface area (Å²) in [7, 11) is 0. The lowest BCUT2D eigenvalue weighted by molar-refractivity contribution is 0.0858. The van der Waals surface area contributed by atoms with Crippen molar-refractivity contribution >= 4 is 28.2 Å². The molecule has 2 N–H and O–H groups in total. The minimum Gasteiger partial charge on any atom is -0.376 e. The number of benzene rings is 1. The van der Waals surface area contributed by atoms with E-state index in [0.29, 0.717) is 22.7 Å². The Labute approximate surface area is 188 Å². The van der Waals surface area contributed by atoms with Crippen LogP contribution in [0.1, 0.15) is 83.2 Å². The molecule has 4 rings (SSSR count). The van der Waals surface area contributed by atoms with E-state index in [-0.39, 0.29) is 23.3 Å². The summed E-state index contributed by atoms with van der Waals surface area (Å²) >= 11 is 1.55. The Morgan fingerprint density at radius 3 is 2.48 bits per heavy atom. The number of aryl methyl sites for hydroxylation is 1. The van der Waals surface area contributed by atoms with E-state index in [0.717, 1.165) is 50.7 Å². The Bertz CT molecular complexity index is 950. The maximum absolute atomic E-state index is 13.1. The summed E-state index contributed by atoms with van der Waals surface area (Å²) in [6, 6.07) is 7.73. The van der Waals surface area contributed by atoms with E-state index in [1.807, 2.05) is 24.3 Å². The van der Waals surface area contributed by atoms with Crippen molar-refractivity contribution in [1.82, 2.24) is 5.32 Å². The number of hydrogen-bond donors (Lipinski definition) is 2. The second-order valence-electron chi connectivity index (χ2n) is 9.54. The van der Waals surface area contributed by atoms with Gasteiger partial charge in [0, 0.05) is 23.6 Å². The van der Waals surface area contributed by atoms with Crippen LogP contribution in [0.5, 0.6) is 0 Å². The van der Waals surface area contributed by atoms with Crippen LogP contribution in [0, 0.1) is 0 Å². The number of rotatable bonds is 5. The summed E-state index contributed by atoms with van der Waals surface area (Å²) in [6.45, 7) is 7.74. The van der Waals surface area contributed by atoms with Crippen molar-refractivity contribution in [2.24, 2.45) is 0 Å². The van der Waals surface area contributed by atoms with Crippen LogP contribution in [-0.4, -0.2) is 31.1 Å². The van der Waals surface area contributed by atoms with Crippen LogP contribution < -0.4 is 10.6 Å². The Morgan fingerprint density at radius 2 is 1.81 bits per heavy atom. The largest absolute Gasteiger partial charge is 0.376 e. The van der Waals surface area contributed by atoms with Gasteiger partial charge < -0.3 is 15.4 Å². The summed E-state index contributed by atoms with van der Waals surface area (Å²) in [5.74, 6) is -0.277. The van der Waals surface area contributed by atoms with Crippen LogP contribution in [0.4, 0.5) is 5.00 Å². The lowest BCUT2D eigenvalue weighted by atomic mass is 9.87. The van der Waals surface area contributed by atoms with Crippen molar-refractivity contribution in [3.63, 3.8) is 0 Å². The molecule has 2 heterocycles. The third-order valence-electron chi connectivity index (χ3n) is 6.15. The molecule has 5 nitrogen and oxygen atoms in total. The smallest absolute Gasteiger partial charge is 0.256 e. The molecule has 31 heavy (non-hydrogen) atoms. The molecular formula is C25H32N2O3S. The van der Waals surface area contributed by atoms with Crippen molar-refractivity contribution in [2.75, 3.05) is 18.5 Å². The fraction of sp³-hybridized carbons (Fsp3) is 0.520. The molecule has 0 spiro atoms. The topological polar surface area (TPSA) is 67.4 Å². The maximum Gasteiger partial charge on any atom is 0.256 e. The first-order valence-corrected chi connectivity index (χ1v) is 12.1. The standard InChI is InChI=1S/C25H32N2O3S/c1-25(2,3)17-12-10-16(11-13-17)22(28)27-24-21(19-8-4-5-9-20(19)31-24)23(29)26-15-18-7-6-14-30-18/h10-13,18H,4-9,14-15H2,1-3H3,(H,26,29)(H,27,28)/t18-/m1/s1. The van der Waals surface area contributed by atoms with Crippen LogP contribution in [0.25, 0.3) is 0 Å². The van der Waals surface area contributed by atoms with Gasteiger partial charge in [0.15, 0.2) is 0 Å². The second-order valence-corrected chi connectivity index (χ2v) is 10.6. The zero-order chi connectivity index (χ0) is 22.0. The first-order chi connectivity index (χ1) is 14.8. The zero-order valence-corrected chi connectivity index (χ0v) is 19.5. The van der Waals surface area contributed by atoms with E-state index in [9.17, 15) is 9.59 Å². The fourth-order valence-corrected chi connectivity index (χ4v) is 5.57. The Balaban J connectivity index is 1.53. The van der Waals surface area contributed by atoms with E-state index in [2.05, 4.69) is 31.4 Å². The molecule has 1 atom stereocenters. The molecule has 1 aromatic carbocycles. The molecule has 1 aliphatic heterocycles. The van der Waals surface area contributed by atoms with Gasteiger partial charge in [-0.25, -0.2) is 0 Å². The minimum atomic E-state index is -0.174. The predicted molar refractivity (Wildman–Crippen MR) is 125 cm³/mol. The van der Waals surface area contributed by atoms with Crippen LogP contribution in [0.15, 0.2) is 24.3 Å². The molecule has 1 fully saturated rings. The van der Waals surface area contributed by atoms with Gasteiger partial charge in [-0.2, -0.15) is 0 Å². The number of thiophene rings is 1. The molecule has 1 aliphatic carbocycles. The number of ether oxygens (including phenoxy) is 1. The molecule has 1 saturated heterocycles. The number of amides is 2. The lowest BCUT2D eigenvalue weighted by Crippen LogP contribution is -2.32. The maximum atomic E-state index is 13.1. The Morgan fingerprint density at radius 1 is 1.06 bits per heavy atom. The van der Waals surface area contributed by atoms with Gasteiger partial charge in [-0.3, -0.25) is 9.59 Å². The van der Waals surface area contributed by atoms with Crippen LogP contribution in [0.3, 0.4) is 0 Å². The summed E-state index contributed by atoms with van der Waals surface area (Å²) in [6.07, 6.45) is 6.20. The van der Waals surface area contributed by atoms with Crippen molar-refractivity contribution < 1.29 is 14.3 Å². The molecular weight excluding hydrogens is 408 g/mol. The normalized spacial score (nSPS) is 18.5. The van der Waals surface area contributed by atoms with Crippen molar-refractivity contribution in [2.45, 2.75) is 70.8 Å². The number of carbonyl (C=O) groups is 2. The van der Waals surface area contributed by atoms with Gasteiger partial charge >= 0.3 is 0 Å². The van der Waals surface area contributed by atoms with E-state index in [4.69, 9.17) is 4.74 Å². The van der Waals surface area contributed by atoms with E-state index < -0.39 is 0 Å². The first-order valence-electron chi connectivity index (χ1n) is 11.3. The van der Waals surface area contributed by atoms with Gasteiger partial charge in [-0.15, -0.1) is 11.3 Å². The molecule has 2 amide bonds. The first kappa shape index (κ1) is 22.0. The molecule has 2 aliphatic rings. The highest BCUT2D eigenvalue weighted by Gasteiger charge is 2.27. The zero-order valence-electron chi connectivity index (χ0n) is 18.7. The number of hydrogen-bond acceptors (Lipinski definition) is 4. The number of fused-ring (bicyclic) bond motifs is 1. The molecule has 1 aromatic heterocycles. The summed E-state index contributed by atoms with van der Waals surface area (Å²) in [5, 5.41) is 6.75. The monoisotopic (exact) mass is 440 g/mol. The van der Waals surface area contributed by atoms with E-state index in [1.165, 1.54) is 10.4 Å². The van der Waals surface area contributed by atoms with Gasteiger partial charge in [0.2, 0.25) is 0 Å². The van der Waals surface area contributed by atoms with Crippen molar-refractivity contribution in [3.05, 3.63) is 51.4 Å². The number of carbonyl (C=O) groups excluding carboxylic acids is 2. The summed E-state index contributed by atoms with van der Waals surface area (Å²) in [5.41, 5.74) is 3.59. The minimum absolute atomic E-state index is 0.0378. The summed E-state index contributed by atoms with van der Waals surface area (Å²) < 4.78 is 5.64. The third-order valence-corrected chi connectivity index (χ3v) is 7.36. The molecule has 0 unspecified atom stereocenters. The SMILES string of the molecule is CC(C)(C)c1ccc(C(=O)Nc2sc3c(c2C(=O)NC[C@H]2CCCO2)CCCC3)cc1. The van der Waals surface area contributed by atoms with Crippen molar-refractivity contribution in [3.8, 4) is 0 Å². The molecule has 6 heteroatoms. The Hall–Kier alpha value is -2.18.